The summed E-state index contributed by atoms with van der Waals surface area (Å²) in [6.07, 6.45) is 1.86. The second kappa shape index (κ2) is 8.22. The lowest BCUT2D eigenvalue weighted by molar-refractivity contribution is -0.0137. The first-order chi connectivity index (χ1) is 10.1. The van der Waals surface area contributed by atoms with E-state index in [4.69, 9.17) is 9.47 Å². The van der Waals surface area contributed by atoms with E-state index in [0.29, 0.717) is 19.8 Å². The molecule has 1 heterocycles. The highest BCUT2D eigenvalue weighted by atomic mass is 16.5. The van der Waals surface area contributed by atoms with Gasteiger partial charge in [0.15, 0.2) is 0 Å². The van der Waals surface area contributed by atoms with Gasteiger partial charge in [0.25, 0.3) is 0 Å². The summed E-state index contributed by atoms with van der Waals surface area (Å²) < 4.78 is 11.0. The van der Waals surface area contributed by atoms with Crippen LogP contribution in [0.4, 0.5) is 11.4 Å². The second-order valence-electron chi connectivity index (χ2n) is 5.65. The first-order valence-electron chi connectivity index (χ1n) is 7.54. The molecule has 0 spiro atoms. The number of nitrogens with zero attached hydrogens (tertiary/aromatic N) is 1. The van der Waals surface area contributed by atoms with Crippen molar-refractivity contribution in [2.24, 2.45) is 0 Å². The van der Waals surface area contributed by atoms with E-state index in [-0.39, 0.29) is 6.10 Å². The Hall–Kier alpha value is -1.30. The van der Waals surface area contributed by atoms with Gasteiger partial charge >= 0.3 is 0 Å². The maximum atomic E-state index is 9.92. The fourth-order valence-corrected chi connectivity index (χ4v) is 2.30. The minimum absolute atomic E-state index is 0.210. The molecule has 0 amide bonds. The molecule has 1 aliphatic rings. The molecule has 21 heavy (non-hydrogen) atoms. The maximum absolute atomic E-state index is 9.92. The summed E-state index contributed by atoms with van der Waals surface area (Å²) >= 11 is 0. The Kier molecular flexibility index (Phi) is 6.29. The minimum atomic E-state index is -0.519. The van der Waals surface area contributed by atoms with Crippen LogP contribution in [0.5, 0.6) is 0 Å². The molecule has 0 saturated carbocycles. The van der Waals surface area contributed by atoms with E-state index < -0.39 is 6.10 Å². The summed E-state index contributed by atoms with van der Waals surface area (Å²) in [5, 5.41) is 13.2. The molecule has 5 nitrogen and oxygen atoms in total. The van der Waals surface area contributed by atoms with Gasteiger partial charge in [-0.15, -0.1) is 0 Å². The van der Waals surface area contributed by atoms with Crippen LogP contribution in [0.15, 0.2) is 24.3 Å². The van der Waals surface area contributed by atoms with Crippen LogP contribution >= 0.6 is 0 Å². The van der Waals surface area contributed by atoms with Gasteiger partial charge in [-0.1, -0.05) is 6.07 Å². The third-order valence-corrected chi connectivity index (χ3v) is 3.54. The third kappa shape index (κ3) is 5.53. The number of anilines is 2. The van der Waals surface area contributed by atoms with Crippen molar-refractivity contribution in [2.75, 3.05) is 50.7 Å². The van der Waals surface area contributed by atoms with Gasteiger partial charge in [0.05, 0.1) is 25.4 Å². The molecule has 0 aromatic heterocycles. The first kappa shape index (κ1) is 16.1. The number of ether oxygens (including phenoxy) is 2. The van der Waals surface area contributed by atoms with Crippen molar-refractivity contribution < 1.29 is 14.6 Å². The van der Waals surface area contributed by atoms with E-state index in [1.165, 1.54) is 0 Å². The van der Waals surface area contributed by atoms with Crippen molar-refractivity contribution in [3.05, 3.63) is 24.3 Å². The predicted molar refractivity (Wildman–Crippen MR) is 85.1 cm³/mol. The third-order valence-electron chi connectivity index (χ3n) is 3.54. The van der Waals surface area contributed by atoms with Gasteiger partial charge in [0.1, 0.15) is 0 Å². The van der Waals surface area contributed by atoms with Gasteiger partial charge in [-0.2, -0.15) is 0 Å². The molecule has 1 aliphatic heterocycles. The van der Waals surface area contributed by atoms with E-state index in [2.05, 4.69) is 11.4 Å². The fourth-order valence-electron chi connectivity index (χ4n) is 2.30. The summed E-state index contributed by atoms with van der Waals surface area (Å²) in [6, 6.07) is 8.09. The Balaban J connectivity index is 1.65. The lowest BCUT2D eigenvalue weighted by Gasteiger charge is -2.17. The topological polar surface area (TPSA) is 54.0 Å². The normalized spacial score (nSPS) is 19.5. The number of rotatable bonds is 8. The highest BCUT2D eigenvalue weighted by Crippen LogP contribution is 2.17. The van der Waals surface area contributed by atoms with Gasteiger partial charge < -0.3 is 24.8 Å². The lowest BCUT2D eigenvalue weighted by Crippen LogP contribution is -2.27. The summed E-state index contributed by atoms with van der Waals surface area (Å²) in [7, 11) is 4.01. The lowest BCUT2D eigenvalue weighted by atomic mass is 10.2. The zero-order valence-electron chi connectivity index (χ0n) is 12.9. The summed E-state index contributed by atoms with van der Waals surface area (Å²) in [5.41, 5.74) is 2.13. The van der Waals surface area contributed by atoms with Crippen molar-refractivity contribution in [1.29, 1.82) is 0 Å². The molecule has 1 saturated heterocycles. The molecule has 0 bridgehead atoms. The average Bonchev–Trinajstić information content (AvgIpc) is 2.99. The molecule has 1 aromatic carbocycles. The van der Waals surface area contributed by atoms with Crippen molar-refractivity contribution in [1.82, 2.24) is 0 Å². The summed E-state index contributed by atoms with van der Waals surface area (Å²) in [4.78, 5) is 2.05. The first-order valence-corrected chi connectivity index (χ1v) is 7.54. The Bertz CT molecular complexity index is 420. The Labute approximate surface area is 126 Å². The zero-order chi connectivity index (χ0) is 15.1. The second-order valence-corrected chi connectivity index (χ2v) is 5.65. The zero-order valence-corrected chi connectivity index (χ0v) is 12.9. The fraction of sp³-hybridized carbons (Fsp3) is 0.625. The highest BCUT2D eigenvalue weighted by Gasteiger charge is 2.16. The molecule has 0 radical (unpaired) electrons. The molecular formula is C16H26N2O3. The molecule has 2 rings (SSSR count). The van der Waals surface area contributed by atoms with Crippen molar-refractivity contribution in [2.45, 2.75) is 25.0 Å². The standard InChI is InChI=1S/C16H26N2O3/c1-18(2)14-6-3-5-13(9-14)17-10-15(19)11-20-12-16-7-4-8-21-16/h3,5-6,9,15-17,19H,4,7-8,10-12H2,1-2H3. The maximum Gasteiger partial charge on any atom is 0.0945 e. The SMILES string of the molecule is CN(C)c1cccc(NCC(O)COCC2CCCO2)c1. The number of aliphatic hydroxyl groups excluding tert-OH is 1. The van der Waals surface area contributed by atoms with Gasteiger partial charge in [0.2, 0.25) is 0 Å². The van der Waals surface area contributed by atoms with Gasteiger partial charge in [-0.25, -0.2) is 0 Å². The smallest absolute Gasteiger partial charge is 0.0945 e. The molecule has 2 N–H and O–H groups in total. The minimum Gasteiger partial charge on any atom is -0.389 e. The molecular weight excluding hydrogens is 268 g/mol. The van der Waals surface area contributed by atoms with Gasteiger partial charge in [-0.05, 0) is 31.0 Å². The Morgan fingerprint density at radius 2 is 2.33 bits per heavy atom. The van der Waals surface area contributed by atoms with E-state index in [0.717, 1.165) is 30.8 Å². The van der Waals surface area contributed by atoms with Crippen LogP contribution in [0.2, 0.25) is 0 Å². The van der Waals surface area contributed by atoms with E-state index >= 15 is 0 Å². The van der Waals surface area contributed by atoms with Crippen molar-refractivity contribution in [3.8, 4) is 0 Å². The number of benzene rings is 1. The van der Waals surface area contributed by atoms with Crippen LogP contribution in [0, 0.1) is 0 Å². The molecule has 118 valence electrons. The largest absolute Gasteiger partial charge is 0.389 e. The quantitative estimate of drug-likeness (QED) is 0.764. The Morgan fingerprint density at radius 3 is 3.05 bits per heavy atom. The van der Waals surface area contributed by atoms with E-state index in [1.807, 2.05) is 37.2 Å². The van der Waals surface area contributed by atoms with Crippen LogP contribution in [0.3, 0.4) is 0 Å². The van der Waals surface area contributed by atoms with E-state index in [1.54, 1.807) is 0 Å². The van der Waals surface area contributed by atoms with Crippen molar-refractivity contribution in [3.63, 3.8) is 0 Å². The number of hydrogen-bond donors (Lipinski definition) is 2. The van der Waals surface area contributed by atoms with Crippen LogP contribution in [0.1, 0.15) is 12.8 Å². The van der Waals surface area contributed by atoms with Gasteiger partial charge in [0, 0.05) is 38.6 Å². The van der Waals surface area contributed by atoms with Crippen molar-refractivity contribution >= 4 is 11.4 Å². The molecule has 1 aromatic rings. The number of aliphatic hydroxyl groups is 1. The predicted octanol–water partition coefficient (Wildman–Crippen LogP) is 1.72. The van der Waals surface area contributed by atoms with Gasteiger partial charge in [-0.3, -0.25) is 0 Å². The molecule has 2 unspecified atom stereocenters. The van der Waals surface area contributed by atoms with Crippen LogP contribution in [0.25, 0.3) is 0 Å². The summed E-state index contributed by atoms with van der Waals surface area (Å²) in [5.74, 6) is 0. The number of nitrogens with one attached hydrogen (secondary N) is 1. The molecule has 5 heteroatoms. The highest BCUT2D eigenvalue weighted by molar-refractivity contribution is 5.57. The van der Waals surface area contributed by atoms with Crippen LogP contribution in [-0.4, -0.2) is 57.8 Å². The molecule has 1 fully saturated rings. The van der Waals surface area contributed by atoms with Crippen LogP contribution < -0.4 is 10.2 Å². The summed E-state index contributed by atoms with van der Waals surface area (Å²) in [6.45, 7) is 2.22. The Morgan fingerprint density at radius 1 is 1.48 bits per heavy atom. The van der Waals surface area contributed by atoms with Crippen LogP contribution in [-0.2, 0) is 9.47 Å². The molecule has 0 aliphatic carbocycles. The monoisotopic (exact) mass is 294 g/mol. The van der Waals surface area contributed by atoms with E-state index in [9.17, 15) is 5.11 Å². The molecule has 2 atom stereocenters. The number of hydrogen-bond acceptors (Lipinski definition) is 5. The average molecular weight is 294 g/mol.